The van der Waals surface area contributed by atoms with Gasteiger partial charge in [-0.15, -0.1) is 0 Å². The summed E-state index contributed by atoms with van der Waals surface area (Å²) in [4.78, 5) is 3.87. The molecule has 0 amide bonds. The Balaban J connectivity index is 2.59. The maximum Gasteiger partial charge on any atom is 0.164 e. The molecule has 0 aromatic carbocycles. The van der Waals surface area contributed by atoms with Crippen molar-refractivity contribution < 1.29 is 5.11 Å². The molecule has 0 aliphatic rings. The third-order valence-corrected chi connectivity index (χ3v) is 1.10. The van der Waals surface area contributed by atoms with Crippen LogP contribution in [0.3, 0.4) is 0 Å². The molecule has 1 rings (SSSR count). The zero-order valence-corrected chi connectivity index (χ0v) is 5.56. The summed E-state index contributed by atoms with van der Waals surface area (Å²) in [6.45, 7) is 0.902. The first kappa shape index (κ1) is 7.17. The van der Waals surface area contributed by atoms with Gasteiger partial charge in [0.25, 0.3) is 0 Å². The molecular formula is C5H10N4O. The van der Waals surface area contributed by atoms with Gasteiger partial charge in [-0.1, -0.05) is 0 Å². The van der Waals surface area contributed by atoms with E-state index in [4.69, 9.17) is 10.8 Å². The van der Waals surface area contributed by atoms with Crippen molar-refractivity contribution in [1.82, 2.24) is 14.8 Å². The lowest BCUT2D eigenvalue weighted by molar-refractivity contribution is 0.269. The number of aliphatic hydroxyl groups excluding tert-OH is 1. The second-order valence-electron chi connectivity index (χ2n) is 1.85. The fourth-order valence-electron chi connectivity index (χ4n) is 0.637. The van der Waals surface area contributed by atoms with Crippen molar-refractivity contribution in [3.8, 4) is 0 Å². The van der Waals surface area contributed by atoms with Crippen molar-refractivity contribution in [3.63, 3.8) is 0 Å². The van der Waals surface area contributed by atoms with Gasteiger partial charge in [-0.2, -0.15) is 5.10 Å². The zero-order chi connectivity index (χ0) is 7.40. The quantitative estimate of drug-likeness (QED) is 0.551. The van der Waals surface area contributed by atoms with Crippen LogP contribution in [0.4, 0.5) is 0 Å². The maximum atomic E-state index is 8.48. The Labute approximate surface area is 58.5 Å². The summed E-state index contributed by atoms with van der Waals surface area (Å²) in [6.07, 6.45) is 1.55. The van der Waals surface area contributed by atoms with E-state index in [1.165, 1.54) is 0 Å². The van der Waals surface area contributed by atoms with E-state index in [0.29, 0.717) is 18.9 Å². The lowest BCUT2D eigenvalue weighted by Crippen LogP contribution is -2.04. The lowest BCUT2D eigenvalue weighted by Gasteiger charge is -1.92. The van der Waals surface area contributed by atoms with Crippen molar-refractivity contribution >= 4 is 0 Å². The number of nitrogens with two attached hydrogens (primary N) is 1. The van der Waals surface area contributed by atoms with Crippen molar-refractivity contribution in [3.05, 3.63) is 12.2 Å². The Bertz CT molecular complexity index is 197. The molecule has 0 saturated carbocycles. The summed E-state index contributed by atoms with van der Waals surface area (Å²) in [6, 6.07) is 0. The number of hydrogen-bond acceptors (Lipinski definition) is 4. The van der Waals surface area contributed by atoms with Gasteiger partial charge in [-0.3, -0.25) is 4.68 Å². The van der Waals surface area contributed by atoms with Crippen LogP contribution >= 0.6 is 0 Å². The van der Waals surface area contributed by atoms with E-state index in [9.17, 15) is 0 Å². The molecule has 0 aliphatic heterocycles. The van der Waals surface area contributed by atoms with Gasteiger partial charge in [-0.25, -0.2) is 4.98 Å². The monoisotopic (exact) mass is 142 g/mol. The smallest absolute Gasteiger partial charge is 0.164 e. The summed E-state index contributed by atoms with van der Waals surface area (Å²) < 4.78 is 1.56. The van der Waals surface area contributed by atoms with Crippen LogP contribution in [0.25, 0.3) is 0 Å². The molecule has 0 fully saturated rings. The molecule has 0 spiro atoms. The van der Waals surface area contributed by atoms with Gasteiger partial charge >= 0.3 is 0 Å². The van der Waals surface area contributed by atoms with Gasteiger partial charge in [0.2, 0.25) is 0 Å². The Hall–Kier alpha value is -0.940. The van der Waals surface area contributed by atoms with Crippen LogP contribution in [0.2, 0.25) is 0 Å². The average molecular weight is 142 g/mol. The molecule has 3 N–H and O–H groups in total. The van der Waals surface area contributed by atoms with Crippen LogP contribution in [0.5, 0.6) is 0 Å². The van der Waals surface area contributed by atoms with E-state index in [0.717, 1.165) is 0 Å². The van der Waals surface area contributed by atoms with E-state index in [1.807, 2.05) is 0 Å². The summed E-state index contributed by atoms with van der Waals surface area (Å²) in [5, 5.41) is 12.4. The predicted octanol–water partition coefficient (Wildman–Crippen LogP) is -1.27. The van der Waals surface area contributed by atoms with E-state index < -0.39 is 0 Å². The second-order valence-corrected chi connectivity index (χ2v) is 1.85. The molecule has 0 atom stereocenters. The largest absolute Gasteiger partial charge is 0.394 e. The Kier molecular flexibility index (Phi) is 2.35. The number of aliphatic hydroxyl groups is 1. The van der Waals surface area contributed by atoms with Crippen LogP contribution in [-0.2, 0) is 13.1 Å². The van der Waals surface area contributed by atoms with Gasteiger partial charge in [-0.05, 0) is 0 Å². The van der Waals surface area contributed by atoms with Gasteiger partial charge in [0.05, 0.1) is 19.7 Å². The summed E-state index contributed by atoms with van der Waals surface area (Å²) in [7, 11) is 0. The zero-order valence-electron chi connectivity index (χ0n) is 5.56. The number of rotatable bonds is 3. The van der Waals surface area contributed by atoms with Crippen LogP contribution in [-0.4, -0.2) is 26.5 Å². The van der Waals surface area contributed by atoms with E-state index in [1.54, 1.807) is 11.0 Å². The molecule has 5 heteroatoms. The van der Waals surface area contributed by atoms with Crippen molar-refractivity contribution in [1.29, 1.82) is 0 Å². The normalized spacial score (nSPS) is 10.2. The summed E-state index contributed by atoms with van der Waals surface area (Å²) in [5.74, 6) is 0.605. The van der Waals surface area contributed by atoms with Crippen LogP contribution in [0, 0.1) is 0 Å². The molecule has 0 unspecified atom stereocenters. The average Bonchev–Trinajstić information content (AvgIpc) is 2.37. The standard InChI is InChI=1S/C5H10N4O/c6-3-5-7-4-9(8-5)1-2-10/h4,10H,1-3,6H2. The first-order chi connectivity index (χ1) is 4.86. The van der Waals surface area contributed by atoms with E-state index >= 15 is 0 Å². The topological polar surface area (TPSA) is 77.0 Å². The van der Waals surface area contributed by atoms with E-state index in [2.05, 4.69) is 10.1 Å². The van der Waals surface area contributed by atoms with Crippen molar-refractivity contribution in [2.75, 3.05) is 6.61 Å². The van der Waals surface area contributed by atoms with Gasteiger partial charge in [0, 0.05) is 0 Å². The molecule has 5 nitrogen and oxygen atoms in total. The lowest BCUT2D eigenvalue weighted by atomic mass is 10.6. The number of nitrogens with zero attached hydrogens (tertiary/aromatic N) is 3. The molecule has 0 radical (unpaired) electrons. The highest BCUT2D eigenvalue weighted by atomic mass is 16.3. The Morgan fingerprint density at radius 2 is 2.50 bits per heavy atom. The molecular weight excluding hydrogens is 132 g/mol. The van der Waals surface area contributed by atoms with Gasteiger partial charge in [0.1, 0.15) is 6.33 Å². The SMILES string of the molecule is NCc1ncn(CCO)n1. The van der Waals surface area contributed by atoms with E-state index in [-0.39, 0.29) is 6.61 Å². The third-order valence-electron chi connectivity index (χ3n) is 1.10. The minimum atomic E-state index is 0.0768. The van der Waals surface area contributed by atoms with Crippen LogP contribution in [0.15, 0.2) is 6.33 Å². The third kappa shape index (κ3) is 1.52. The van der Waals surface area contributed by atoms with Gasteiger partial charge < -0.3 is 10.8 Å². The maximum absolute atomic E-state index is 8.48. The molecule has 1 aromatic heterocycles. The van der Waals surface area contributed by atoms with Crippen molar-refractivity contribution in [2.45, 2.75) is 13.1 Å². The highest BCUT2D eigenvalue weighted by molar-refractivity contribution is 4.78. The van der Waals surface area contributed by atoms with Crippen LogP contribution in [0.1, 0.15) is 5.82 Å². The molecule has 1 heterocycles. The first-order valence-electron chi connectivity index (χ1n) is 3.06. The summed E-state index contributed by atoms with van der Waals surface area (Å²) >= 11 is 0. The number of hydrogen-bond donors (Lipinski definition) is 2. The predicted molar refractivity (Wildman–Crippen MR) is 35.0 cm³/mol. The van der Waals surface area contributed by atoms with Gasteiger partial charge in [0.15, 0.2) is 5.82 Å². The Morgan fingerprint density at radius 1 is 1.70 bits per heavy atom. The van der Waals surface area contributed by atoms with Crippen LogP contribution < -0.4 is 5.73 Å². The fourth-order valence-corrected chi connectivity index (χ4v) is 0.637. The molecule has 56 valence electrons. The highest BCUT2D eigenvalue weighted by Gasteiger charge is 1.95. The molecule has 0 saturated heterocycles. The fraction of sp³-hybridized carbons (Fsp3) is 0.600. The molecule has 0 aliphatic carbocycles. The van der Waals surface area contributed by atoms with Crippen molar-refractivity contribution in [2.24, 2.45) is 5.73 Å². The molecule has 10 heavy (non-hydrogen) atoms. The highest BCUT2D eigenvalue weighted by Crippen LogP contribution is 1.86. The number of aromatic nitrogens is 3. The Morgan fingerprint density at radius 3 is 3.00 bits per heavy atom. The summed E-state index contributed by atoms with van der Waals surface area (Å²) in [5.41, 5.74) is 5.26. The molecule has 0 bridgehead atoms. The minimum Gasteiger partial charge on any atom is -0.394 e. The second kappa shape index (κ2) is 3.28. The minimum absolute atomic E-state index is 0.0768. The molecule has 1 aromatic rings. The first-order valence-corrected chi connectivity index (χ1v) is 3.06.